The Morgan fingerprint density at radius 3 is 1.45 bits per heavy atom. The SMILES string of the molecule is O=C(CCP(=O)(c1ccccc1)c1ccccc1)NCC(c1ccccc1)c1ccccc1. The zero-order valence-electron chi connectivity index (χ0n) is 18.5. The van der Waals surface area contributed by atoms with Gasteiger partial charge in [-0.2, -0.15) is 0 Å². The summed E-state index contributed by atoms with van der Waals surface area (Å²) in [4.78, 5) is 12.9. The molecule has 1 N–H and O–H groups in total. The maximum absolute atomic E-state index is 14.1. The van der Waals surface area contributed by atoms with Crippen molar-refractivity contribution in [3.8, 4) is 0 Å². The van der Waals surface area contributed by atoms with E-state index in [0.29, 0.717) is 12.7 Å². The molecule has 0 saturated carbocycles. The van der Waals surface area contributed by atoms with Gasteiger partial charge in [-0.3, -0.25) is 4.79 Å². The summed E-state index contributed by atoms with van der Waals surface area (Å²) in [5.41, 5.74) is 2.31. The van der Waals surface area contributed by atoms with Crippen LogP contribution in [-0.2, 0) is 9.36 Å². The molecule has 4 rings (SSSR count). The molecule has 0 spiro atoms. The number of hydrogen-bond acceptors (Lipinski definition) is 2. The molecular formula is C29H28NO2P. The van der Waals surface area contributed by atoms with Gasteiger partial charge in [0.05, 0.1) is 0 Å². The van der Waals surface area contributed by atoms with E-state index in [0.717, 1.165) is 21.7 Å². The van der Waals surface area contributed by atoms with Crippen LogP contribution in [0.3, 0.4) is 0 Å². The van der Waals surface area contributed by atoms with E-state index in [1.54, 1.807) is 0 Å². The molecule has 0 heterocycles. The Morgan fingerprint density at radius 2 is 1.03 bits per heavy atom. The van der Waals surface area contributed by atoms with Crippen LogP contribution in [0, 0.1) is 0 Å². The van der Waals surface area contributed by atoms with Crippen LogP contribution in [0.5, 0.6) is 0 Å². The van der Waals surface area contributed by atoms with E-state index in [2.05, 4.69) is 29.6 Å². The minimum atomic E-state index is -2.90. The van der Waals surface area contributed by atoms with Crippen molar-refractivity contribution in [3.05, 3.63) is 132 Å². The lowest BCUT2D eigenvalue weighted by Gasteiger charge is -2.21. The molecule has 33 heavy (non-hydrogen) atoms. The highest BCUT2D eigenvalue weighted by atomic mass is 31.2. The summed E-state index contributed by atoms with van der Waals surface area (Å²) in [7, 11) is -2.90. The third-order valence-electron chi connectivity index (χ3n) is 5.91. The summed E-state index contributed by atoms with van der Waals surface area (Å²) in [6.07, 6.45) is 0.506. The molecule has 4 aromatic carbocycles. The third kappa shape index (κ3) is 5.69. The number of hydrogen-bond donors (Lipinski definition) is 1. The standard InChI is InChI=1S/C29H28NO2P/c31-29(30-23-28(24-13-5-1-6-14-24)25-15-7-2-8-16-25)21-22-33(32,26-17-9-3-10-18-26)27-19-11-4-12-20-27/h1-20,28H,21-23H2,(H,30,31). The molecule has 0 atom stereocenters. The van der Waals surface area contributed by atoms with Crippen molar-refractivity contribution in [2.45, 2.75) is 12.3 Å². The zero-order chi connectivity index (χ0) is 22.9. The average molecular weight is 454 g/mol. The van der Waals surface area contributed by atoms with Gasteiger partial charge in [-0.1, -0.05) is 121 Å². The quantitative estimate of drug-likeness (QED) is 0.348. The molecule has 4 heteroatoms. The van der Waals surface area contributed by atoms with Crippen molar-refractivity contribution in [2.24, 2.45) is 0 Å². The lowest BCUT2D eigenvalue weighted by Crippen LogP contribution is -2.30. The van der Waals surface area contributed by atoms with E-state index in [9.17, 15) is 9.36 Å². The first-order valence-electron chi connectivity index (χ1n) is 11.2. The van der Waals surface area contributed by atoms with Gasteiger partial charge in [-0.15, -0.1) is 0 Å². The second kappa shape index (κ2) is 10.9. The maximum atomic E-state index is 14.1. The van der Waals surface area contributed by atoms with Gasteiger partial charge in [-0.05, 0) is 11.1 Å². The fourth-order valence-electron chi connectivity index (χ4n) is 4.11. The lowest BCUT2D eigenvalue weighted by atomic mass is 9.91. The van der Waals surface area contributed by atoms with Gasteiger partial charge in [0.15, 0.2) is 0 Å². The van der Waals surface area contributed by atoms with Crippen molar-refractivity contribution in [2.75, 3.05) is 12.7 Å². The predicted octanol–water partition coefficient (Wildman–Crippen LogP) is 5.34. The normalized spacial score (nSPS) is 11.3. The molecule has 0 aliphatic rings. The number of nitrogens with one attached hydrogen (secondary N) is 1. The Kier molecular flexibility index (Phi) is 7.55. The van der Waals surface area contributed by atoms with E-state index < -0.39 is 7.14 Å². The average Bonchev–Trinajstić information content (AvgIpc) is 2.90. The third-order valence-corrected chi connectivity index (χ3v) is 9.03. The van der Waals surface area contributed by atoms with Crippen LogP contribution in [0.1, 0.15) is 23.5 Å². The highest BCUT2D eigenvalue weighted by Gasteiger charge is 2.28. The lowest BCUT2D eigenvalue weighted by molar-refractivity contribution is -0.120. The Balaban J connectivity index is 1.47. The fourth-order valence-corrected chi connectivity index (χ4v) is 6.75. The van der Waals surface area contributed by atoms with Crippen molar-refractivity contribution < 1.29 is 9.36 Å². The Labute approximate surface area is 195 Å². The topological polar surface area (TPSA) is 46.2 Å². The van der Waals surface area contributed by atoms with Crippen molar-refractivity contribution in [3.63, 3.8) is 0 Å². The van der Waals surface area contributed by atoms with Crippen LogP contribution in [-0.4, -0.2) is 18.6 Å². The van der Waals surface area contributed by atoms with Crippen LogP contribution in [0.25, 0.3) is 0 Å². The first-order valence-corrected chi connectivity index (χ1v) is 13.1. The van der Waals surface area contributed by atoms with Crippen molar-refractivity contribution in [1.82, 2.24) is 5.32 Å². The maximum Gasteiger partial charge on any atom is 0.220 e. The Hall–Kier alpha value is -3.42. The zero-order valence-corrected chi connectivity index (χ0v) is 19.4. The summed E-state index contributed by atoms with van der Waals surface area (Å²) < 4.78 is 14.1. The molecule has 1 amide bonds. The van der Waals surface area contributed by atoms with E-state index in [1.807, 2.05) is 97.1 Å². The number of benzene rings is 4. The van der Waals surface area contributed by atoms with Crippen LogP contribution in [0.4, 0.5) is 0 Å². The first kappa shape index (κ1) is 22.8. The summed E-state index contributed by atoms with van der Waals surface area (Å²) in [6, 6.07) is 39.4. The van der Waals surface area contributed by atoms with Crippen LogP contribution >= 0.6 is 7.14 Å². The van der Waals surface area contributed by atoms with Crippen molar-refractivity contribution in [1.29, 1.82) is 0 Å². The van der Waals surface area contributed by atoms with Gasteiger partial charge >= 0.3 is 0 Å². The molecule has 3 nitrogen and oxygen atoms in total. The molecule has 0 aliphatic heterocycles. The van der Waals surface area contributed by atoms with Gasteiger partial charge in [0.25, 0.3) is 0 Å². The molecule has 0 aliphatic carbocycles. The first-order chi connectivity index (χ1) is 16.2. The highest BCUT2D eigenvalue weighted by Crippen LogP contribution is 2.43. The van der Waals surface area contributed by atoms with Gasteiger partial charge in [0, 0.05) is 35.7 Å². The number of carbonyl (C=O) groups is 1. The Morgan fingerprint density at radius 1 is 0.636 bits per heavy atom. The van der Waals surface area contributed by atoms with Crippen LogP contribution in [0.15, 0.2) is 121 Å². The molecule has 0 radical (unpaired) electrons. The molecule has 0 bridgehead atoms. The van der Waals surface area contributed by atoms with E-state index >= 15 is 0 Å². The van der Waals surface area contributed by atoms with Gasteiger partial charge < -0.3 is 9.88 Å². The van der Waals surface area contributed by atoms with E-state index in [1.165, 1.54) is 0 Å². The minimum Gasteiger partial charge on any atom is -0.355 e. The summed E-state index contributed by atoms with van der Waals surface area (Å²) in [5, 5.41) is 4.67. The van der Waals surface area contributed by atoms with E-state index in [-0.39, 0.29) is 18.2 Å². The number of carbonyl (C=O) groups excluding carboxylic acids is 1. The monoisotopic (exact) mass is 453 g/mol. The smallest absolute Gasteiger partial charge is 0.220 e. The van der Waals surface area contributed by atoms with Gasteiger partial charge in [0.1, 0.15) is 7.14 Å². The Bertz CT molecular complexity index is 1110. The molecule has 4 aromatic rings. The molecule has 0 fully saturated rings. The molecular weight excluding hydrogens is 425 g/mol. The van der Waals surface area contributed by atoms with Gasteiger partial charge in [0.2, 0.25) is 5.91 Å². The molecule has 0 aromatic heterocycles. The molecule has 0 saturated heterocycles. The molecule has 166 valence electrons. The number of amides is 1. The summed E-state index contributed by atoms with van der Waals surface area (Å²) >= 11 is 0. The summed E-state index contributed by atoms with van der Waals surface area (Å²) in [5.74, 6) is -0.0228. The minimum absolute atomic E-state index is 0.0615. The van der Waals surface area contributed by atoms with Crippen molar-refractivity contribution >= 4 is 23.7 Å². The highest BCUT2D eigenvalue weighted by molar-refractivity contribution is 7.78. The molecule has 0 unspecified atom stereocenters. The van der Waals surface area contributed by atoms with Crippen LogP contribution < -0.4 is 15.9 Å². The van der Waals surface area contributed by atoms with E-state index in [4.69, 9.17) is 0 Å². The van der Waals surface area contributed by atoms with Gasteiger partial charge in [-0.25, -0.2) is 0 Å². The van der Waals surface area contributed by atoms with Crippen LogP contribution in [0.2, 0.25) is 0 Å². The summed E-state index contributed by atoms with van der Waals surface area (Å²) in [6.45, 7) is 0.494. The second-order valence-electron chi connectivity index (χ2n) is 8.06. The second-order valence-corrected chi connectivity index (χ2v) is 11.0. The predicted molar refractivity (Wildman–Crippen MR) is 137 cm³/mol. The largest absolute Gasteiger partial charge is 0.355 e. The fraction of sp³-hybridized carbons (Fsp3) is 0.138. The number of rotatable bonds is 9.